The number of benzene rings is 12. The second kappa shape index (κ2) is 18.0. The van der Waals surface area contributed by atoms with Crippen molar-refractivity contribution in [2.75, 3.05) is 0 Å². The van der Waals surface area contributed by atoms with E-state index in [-0.39, 0.29) is 41.6 Å². The normalized spacial score (nSPS) is 15.2. The van der Waals surface area contributed by atoms with E-state index >= 15 is 0 Å². The van der Waals surface area contributed by atoms with Crippen LogP contribution in [0.2, 0.25) is 0 Å². The van der Waals surface area contributed by atoms with Crippen LogP contribution < -0.4 is 20.7 Å². The fourth-order valence-corrected chi connectivity index (χ4v) is 18.5. The van der Waals surface area contributed by atoms with E-state index in [9.17, 15) is 0 Å². The van der Waals surface area contributed by atoms with Crippen molar-refractivity contribution in [2.45, 2.75) is 11.8 Å². The standard InChI is InChI=1S/C74H51NSi/c1-6-24-50(25-7-1)53-30-20-35-57(48-53)76(55-31-12-4-13-32-55,56-33-14-5-15-34-56)69-45-23-42-64-71-61-37-16-17-38-62(61)74(73(64)69)72-63(71)41-22-44-68(72)75-66-43-19-18-36-60(66)65-49-54(46-47-67(65)75)70-58(51-26-8-2-9-27-51)39-21-40-59(70)52-28-10-3-11-29-52/h1-49,71,74H/i1D,6D,7D,24D,25D. The van der Waals surface area contributed by atoms with Gasteiger partial charge in [-0.1, -0.05) is 273 Å². The Morgan fingerprint density at radius 1 is 0.329 bits per heavy atom. The Morgan fingerprint density at radius 2 is 0.842 bits per heavy atom. The zero-order chi connectivity index (χ0) is 54.5. The molecule has 1 heterocycles. The average molecular weight is 987 g/mol. The highest BCUT2D eigenvalue weighted by Gasteiger charge is 2.50. The summed E-state index contributed by atoms with van der Waals surface area (Å²) in [5, 5.41) is 7.07. The van der Waals surface area contributed by atoms with E-state index in [1.54, 1.807) is 0 Å². The first kappa shape index (κ1) is 39.2. The van der Waals surface area contributed by atoms with Crippen LogP contribution in [0.15, 0.2) is 297 Å². The first-order chi connectivity index (χ1) is 39.8. The van der Waals surface area contributed by atoms with Crippen molar-refractivity contribution < 1.29 is 6.85 Å². The van der Waals surface area contributed by atoms with Crippen molar-refractivity contribution in [3.8, 4) is 50.2 Å². The Hall–Kier alpha value is -9.34. The molecule has 1 aromatic heterocycles. The smallest absolute Gasteiger partial charge is 0.179 e. The van der Waals surface area contributed by atoms with Crippen LogP contribution in [0, 0.1) is 0 Å². The summed E-state index contributed by atoms with van der Waals surface area (Å²) >= 11 is 0. The van der Waals surface area contributed by atoms with Gasteiger partial charge in [-0.15, -0.1) is 0 Å². The number of rotatable bonds is 9. The first-order valence-corrected chi connectivity index (χ1v) is 28.2. The molecule has 0 amide bonds. The molecule has 0 radical (unpaired) electrons. The van der Waals surface area contributed by atoms with E-state index in [1.807, 2.05) is 12.1 Å². The van der Waals surface area contributed by atoms with E-state index in [0.29, 0.717) is 5.56 Å². The summed E-state index contributed by atoms with van der Waals surface area (Å²) in [6.07, 6.45) is 0. The monoisotopic (exact) mass is 986 g/mol. The Balaban J connectivity index is 0.996. The lowest BCUT2D eigenvalue weighted by Gasteiger charge is -2.47. The highest BCUT2D eigenvalue weighted by Crippen LogP contribution is 2.57. The number of para-hydroxylation sites is 1. The molecule has 1 nitrogen and oxygen atoms in total. The predicted molar refractivity (Wildman–Crippen MR) is 321 cm³/mol. The van der Waals surface area contributed by atoms with Crippen LogP contribution in [0.1, 0.15) is 52.1 Å². The molecule has 12 aromatic carbocycles. The van der Waals surface area contributed by atoms with Crippen molar-refractivity contribution in [1.82, 2.24) is 4.57 Å². The van der Waals surface area contributed by atoms with Crippen LogP contribution in [-0.4, -0.2) is 12.6 Å². The molecule has 3 aliphatic carbocycles. The second-order valence-electron chi connectivity index (χ2n) is 20.2. The van der Waals surface area contributed by atoms with E-state index in [1.165, 1.54) is 87.5 Å². The van der Waals surface area contributed by atoms with E-state index < -0.39 is 14.1 Å². The van der Waals surface area contributed by atoms with Crippen molar-refractivity contribution in [2.24, 2.45) is 0 Å². The molecule has 0 aliphatic heterocycles. The van der Waals surface area contributed by atoms with Gasteiger partial charge in [-0.3, -0.25) is 0 Å². The van der Waals surface area contributed by atoms with E-state index in [2.05, 4.69) is 259 Å². The molecule has 0 saturated carbocycles. The van der Waals surface area contributed by atoms with Gasteiger partial charge in [0.15, 0.2) is 8.07 Å². The van der Waals surface area contributed by atoms with Crippen molar-refractivity contribution in [3.05, 3.63) is 331 Å². The zero-order valence-corrected chi connectivity index (χ0v) is 42.5. The van der Waals surface area contributed by atoms with Gasteiger partial charge in [0.05, 0.1) is 23.6 Å². The third-order valence-corrected chi connectivity index (χ3v) is 21.2. The molecule has 2 heteroatoms. The van der Waals surface area contributed by atoms with Crippen molar-refractivity contribution in [1.29, 1.82) is 0 Å². The third-order valence-electron chi connectivity index (χ3n) is 16.4. The summed E-state index contributed by atoms with van der Waals surface area (Å²) < 4.78 is 46.7. The van der Waals surface area contributed by atoms with Crippen molar-refractivity contribution in [3.63, 3.8) is 0 Å². The average Bonchev–Trinajstić information content (AvgIpc) is 2.02. The largest absolute Gasteiger partial charge is 0.309 e. The van der Waals surface area contributed by atoms with Gasteiger partial charge in [0.2, 0.25) is 0 Å². The zero-order valence-electron chi connectivity index (χ0n) is 46.5. The lowest BCUT2D eigenvalue weighted by molar-refractivity contribution is 0.752. The highest BCUT2D eigenvalue weighted by molar-refractivity contribution is 7.20. The van der Waals surface area contributed by atoms with Crippen LogP contribution >= 0.6 is 0 Å². The van der Waals surface area contributed by atoms with E-state index in [4.69, 9.17) is 6.85 Å². The summed E-state index contributed by atoms with van der Waals surface area (Å²) in [4.78, 5) is 0. The molecule has 0 fully saturated rings. The van der Waals surface area contributed by atoms with Crippen LogP contribution in [0.4, 0.5) is 0 Å². The third kappa shape index (κ3) is 6.71. The van der Waals surface area contributed by atoms with Gasteiger partial charge < -0.3 is 4.57 Å². The molecule has 2 unspecified atom stereocenters. The molecule has 3 aliphatic rings. The maximum atomic E-state index is 9.16. The van der Waals surface area contributed by atoms with Crippen LogP contribution in [-0.2, 0) is 0 Å². The van der Waals surface area contributed by atoms with Crippen LogP contribution in [0.3, 0.4) is 0 Å². The lowest BCUT2D eigenvalue weighted by atomic mass is 9.60. The number of hydrogen-bond acceptors (Lipinski definition) is 0. The number of aromatic nitrogens is 1. The molecule has 0 saturated heterocycles. The quantitative estimate of drug-likeness (QED) is 0.100. The van der Waals surface area contributed by atoms with Gasteiger partial charge in [-0.2, -0.15) is 0 Å². The Bertz CT molecular complexity index is 4530. The fourth-order valence-electron chi connectivity index (χ4n) is 13.4. The lowest BCUT2D eigenvalue weighted by Crippen LogP contribution is -2.75. The number of hydrogen-bond donors (Lipinski definition) is 0. The first-order valence-electron chi connectivity index (χ1n) is 28.7. The molecule has 76 heavy (non-hydrogen) atoms. The van der Waals surface area contributed by atoms with E-state index in [0.717, 1.165) is 27.5 Å². The molecular formula is C74H51NSi. The molecule has 356 valence electrons. The maximum absolute atomic E-state index is 9.16. The predicted octanol–water partition coefficient (Wildman–Crippen LogP) is 15.8. The second-order valence-corrected chi connectivity index (χ2v) is 24.0. The highest BCUT2D eigenvalue weighted by atomic mass is 28.3. The SMILES string of the molecule is [2H]c1c([2H])c([2H])c(-c2cccc([Si](c3ccccc3)(c3ccccc3)c3cccc4c3C3c5ccccc5C4c4cccc(-n5c6ccccc6c6cc(-c7c(-c8ccccc8)cccc7-c7ccccc7)ccc65)c43)c2)c([2H])c1[2H]. The molecule has 0 spiro atoms. The Kier molecular flexibility index (Phi) is 9.25. The Morgan fingerprint density at radius 3 is 1.53 bits per heavy atom. The summed E-state index contributed by atoms with van der Waals surface area (Å²) in [7, 11) is -3.42. The van der Waals surface area contributed by atoms with Gasteiger partial charge in [-0.05, 0) is 123 Å². The molecule has 2 bridgehead atoms. The minimum atomic E-state index is -3.42. The summed E-state index contributed by atoms with van der Waals surface area (Å²) in [5.74, 6) is -0.230. The molecule has 0 N–H and O–H groups in total. The molecule has 2 atom stereocenters. The summed E-state index contributed by atoms with van der Waals surface area (Å²) in [6, 6.07) is 95.7. The van der Waals surface area contributed by atoms with Gasteiger partial charge in [0.25, 0.3) is 0 Å². The molecular weight excluding hydrogens is 931 g/mol. The van der Waals surface area contributed by atoms with Gasteiger partial charge in [-0.25, -0.2) is 0 Å². The molecule has 13 aromatic rings. The molecule has 16 rings (SSSR count). The van der Waals surface area contributed by atoms with Gasteiger partial charge >= 0.3 is 0 Å². The van der Waals surface area contributed by atoms with Crippen LogP contribution in [0.25, 0.3) is 72.0 Å². The number of nitrogens with zero attached hydrogens (tertiary/aromatic N) is 1. The number of fused-ring (bicyclic) bond motifs is 3. The van der Waals surface area contributed by atoms with Crippen molar-refractivity contribution >= 4 is 50.6 Å². The summed E-state index contributed by atoms with van der Waals surface area (Å²) in [5.41, 5.74) is 19.1. The summed E-state index contributed by atoms with van der Waals surface area (Å²) in [6.45, 7) is 0. The topological polar surface area (TPSA) is 4.93 Å². The van der Waals surface area contributed by atoms with Gasteiger partial charge in [0.1, 0.15) is 0 Å². The Labute approximate surface area is 452 Å². The minimum Gasteiger partial charge on any atom is -0.309 e. The minimum absolute atomic E-state index is 0.0580. The fraction of sp³-hybridized carbons (Fsp3) is 0.0270. The van der Waals surface area contributed by atoms with Crippen LogP contribution in [0.5, 0.6) is 0 Å². The maximum Gasteiger partial charge on any atom is 0.179 e. The van der Waals surface area contributed by atoms with Gasteiger partial charge in [0, 0.05) is 22.6 Å².